The SMILES string of the molecule is CCOc1cc(C(=O)N2CCN(c3cccc(OC)c3)CC2)ccc1OCc1ccncc1. The van der Waals surface area contributed by atoms with Crippen LogP contribution >= 0.6 is 0 Å². The van der Waals surface area contributed by atoms with Crippen molar-refractivity contribution in [2.75, 3.05) is 44.8 Å². The van der Waals surface area contributed by atoms with Gasteiger partial charge < -0.3 is 24.0 Å². The van der Waals surface area contributed by atoms with Crippen LogP contribution in [-0.2, 0) is 6.61 Å². The third-order valence-corrected chi connectivity index (χ3v) is 5.62. The van der Waals surface area contributed by atoms with E-state index in [2.05, 4.69) is 16.0 Å². The summed E-state index contributed by atoms with van der Waals surface area (Å²) in [6, 6.07) is 17.2. The van der Waals surface area contributed by atoms with Gasteiger partial charge in [-0.2, -0.15) is 0 Å². The smallest absolute Gasteiger partial charge is 0.254 e. The number of ether oxygens (including phenoxy) is 3. The maximum absolute atomic E-state index is 13.2. The van der Waals surface area contributed by atoms with Crippen LogP contribution in [0, 0.1) is 0 Å². The van der Waals surface area contributed by atoms with Gasteiger partial charge >= 0.3 is 0 Å². The molecule has 1 amide bonds. The molecular formula is C26H29N3O4. The zero-order valence-electron chi connectivity index (χ0n) is 19.1. The van der Waals surface area contributed by atoms with Crippen molar-refractivity contribution in [3.8, 4) is 17.2 Å². The quantitative estimate of drug-likeness (QED) is 0.520. The van der Waals surface area contributed by atoms with Crippen LogP contribution in [0.5, 0.6) is 17.2 Å². The number of methoxy groups -OCH3 is 1. The third-order valence-electron chi connectivity index (χ3n) is 5.62. The van der Waals surface area contributed by atoms with Crippen LogP contribution in [0.1, 0.15) is 22.8 Å². The first kappa shape index (κ1) is 22.5. The summed E-state index contributed by atoms with van der Waals surface area (Å²) in [5.41, 5.74) is 2.72. The van der Waals surface area contributed by atoms with Crippen molar-refractivity contribution in [2.45, 2.75) is 13.5 Å². The Bertz CT molecular complexity index is 1070. The molecule has 0 spiro atoms. The highest BCUT2D eigenvalue weighted by Gasteiger charge is 2.23. The van der Waals surface area contributed by atoms with E-state index in [4.69, 9.17) is 14.2 Å². The minimum atomic E-state index is 0.00179. The van der Waals surface area contributed by atoms with E-state index in [0.29, 0.717) is 43.4 Å². The molecule has 3 aromatic rings. The third kappa shape index (κ3) is 5.55. The number of anilines is 1. The molecule has 1 aliphatic heterocycles. The summed E-state index contributed by atoms with van der Waals surface area (Å²) in [5.74, 6) is 2.03. The van der Waals surface area contributed by atoms with E-state index >= 15 is 0 Å². The topological polar surface area (TPSA) is 64.1 Å². The Morgan fingerprint density at radius 3 is 2.45 bits per heavy atom. The molecule has 0 aliphatic carbocycles. The molecule has 0 unspecified atom stereocenters. The minimum Gasteiger partial charge on any atom is -0.497 e. The summed E-state index contributed by atoms with van der Waals surface area (Å²) in [6.45, 7) is 5.65. The molecule has 4 rings (SSSR count). The second kappa shape index (κ2) is 10.7. The average molecular weight is 448 g/mol. The number of piperazine rings is 1. The molecule has 0 atom stereocenters. The van der Waals surface area contributed by atoms with Gasteiger partial charge in [-0.1, -0.05) is 6.07 Å². The second-order valence-electron chi connectivity index (χ2n) is 7.72. The van der Waals surface area contributed by atoms with Gasteiger partial charge in [0.2, 0.25) is 0 Å². The molecule has 0 radical (unpaired) electrons. The van der Waals surface area contributed by atoms with Crippen LogP contribution in [0.4, 0.5) is 5.69 Å². The molecule has 172 valence electrons. The Morgan fingerprint density at radius 2 is 1.73 bits per heavy atom. The van der Waals surface area contributed by atoms with Gasteiger partial charge in [-0.3, -0.25) is 9.78 Å². The van der Waals surface area contributed by atoms with Crippen LogP contribution in [-0.4, -0.2) is 55.7 Å². The van der Waals surface area contributed by atoms with Crippen molar-refractivity contribution < 1.29 is 19.0 Å². The number of hydrogen-bond donors (Lipinski definition) is 0. The van der Waals surface area contributed by atoms with Crippen LogP contribution in [0.15, 0.2) is 67.0 Å². The van der Waals surface area contributed by atoms with Gasteiger partial charge in [0, 0.05) is 55.9 Å². The first-order valence-corrected chi connectivity index (χ1v) is 11.1. The summed E-state index contributed by atoms with van der Waals surface area (Å²) in [7, 11) is 1.67. The molecule has 33 heavy (non-hydrogen) atoms. The number of aromatic nitrogens is 1. The summed E-state index contributed by atoms with van der Waals surface area (Å²) in [6.07, 6.45) is 3.47. The fourth-order valence-corrected chi connectivity index (χ4v) is 3.83. The van der Waals surface area contributed by atoms with E-state index in [0.717, 1.165) is 30.1 Å². The lowest BCUT2D eigenvalue weighted by atomic mass is 10.1. The van der Waals surface area contributed by atoms with Crippen molar-refractivity contribution in [2.24, 2.45) is 0 Å². The highest BCUT2D eigenvalue weighted by molar-refractivity contribution is 5.95. The molecule has 0 saturated carbocycles. The van der Waals surface area contributed by atoms with E-state index in [1.54, 1.807) is 31.6 Å². The van der Waals surface area contributed by atoms with E-state index in [9.17, 15) is 4.79 Å². The van der Waals surface area contributed by atoms with Crippen molar-refractivity contribution in [3.63, 3.8) is 0 Å². The maximum atomic E-state index is 13.2. The van der Waals surface area contributed by atoms with Gasteiger partial charge in [0.15, 0.2) is 11.5 Å². The summed E-state index contributed by atoms with van der Waals surface area (Å²) >= 11 is 0. The molecular weight excluding hydrogens is 418 g/mol. The van der Waals surface area contributed by atoms with Crippen molar-refractivity contribution in [1.29, 1.82) is 0 Å². The van der Waals surface area contributed by atoms with Crippen molar-refractivity contribution >= 4 is 11.6 Å². The fourth-order valence-electron chi connectivity index (χ4n) is 3.83. The predicted octanol–water partition coefficient (Wildman–Crippen LogP) is 4.03. The zero-order valence-corrected chi connectivity index (χ0v) is 19.1. The lowest BCUT2D eigenvalue weighted by molar-refractivity contribution is 0.0746. The lowest BCUT2D eigenvalue weighted by Crippen LogP contribution is -2.48. The first-order valence-electron chi connectivity index (χ1n) is 11.1. The number of carbonyl (C=O) groups excluding carboxylic acids is 1. The summed E-state index contributed by atoms with van der Waals surface area (Å²) < 4.78 is 17.0. The molecule has 7 heteroatoms. The van der Waals surface area contributed by atoms with Gasteiger partial charge in [-0.15, -0.1) is 0 Å². The Kier molecular flexibility index (Phi) is 7.29. The monoisotopic (exact) mass is 447 g/mol. The van der Waals surface area contributed by atoms with Crippen LogP contribution < -0.4 is 19.1 Å². The Morgan fingerprint density at radius 1 is 0.939 bits per heavy atom. The lowest BCUT2D eigenvalue weighted by Gasteiger charge is -2.36. The van der Waals surface area contributed by atoms with Crippen LogP contribution in [0.2, 0.25) is 0 Å². The van der Waals surface area contributed by atoms with Gasteiger partial charge in [0.1, 0.15) is 12.4 Å². The molecule has 1 aromatic heterocycles. The number of carbonyl (C=O) groups is 1. The minimum absolute atomic E-state index is 0.00179. The standard InChI is InChI=1S/C26H29N3O4/c1-3-32-25-17-21(7-8-24(25)33-19-20-9-11-27-12-10-20)26(30)29-15-13-28(14-16-29)22-5-4-6-23(18-22)31-2/h4-12,17-18H,3,13-16,19H2,1-2H3. The fraction of sp³-hybridized carbons (Fsp3) is 0.308. The average Bonchev–Trinajstić information content (AvgIpc) is 2.88. The van der Waals surface area contributed by atoms with Crippen molar-refractivity contribution in [3.05, 3.63) is 78.1 Å². The number of pyridine rings is 1. The van der Waals surface area contributed by atoms with E-state index in [-0.39, 0.29) is 5.91 Å². The number of nitrogens with zero attached hydrogens (tertiary/aromatic N) is 3. The maximum Gasteiger partial charge on any atom is 0.254 e. The number of benzene rings is 2. The highest BCUT2D eigenvalue weighted by atomic mass is 16.5. The Balaban J connectivity index is 1.40. The zero-order chi connectivity index (χ0) is 23.0. The van der Waals surface area contributed by atoms with E-state index < -0.39 is 0 Å². The van der Waals surface area contributed by atoms with Crippen molar-refractivity contribution in [1.82, 2.24) is 9.88 Å². The van der Waals surface area contributed by atoms with Gasteiger partial charge in [0.25, 0.3) is 5.91 Å². The molecule has 2 heterocycles. The normalized spacial score (nSPS) is 13.5. The summed E-state index contributed by atoms with van der Waals surface area (Å²) in [5, 5.41) is 0. The molecule has 1 fully saturated rings. The molecule has 7 nitrogen and oxygen atoms in total. The summed E-state index contributed by atoms with van der Waals surface area (Å²) in [4.78, 5) is 21.4. The van der Waals surface area contributed by atoms with Crippen LogP contribution in [0.25, 0.3) is 0 Å². The van der Waals surface area contributed by atoms with Gasteiger partial charge in [0.05, 0.1) is 13.7 Å². The molecule has 0 bridgehead atoms. The van der Waals surface area contributed by atoms with Crippen LogP contribution in [0.3, 0.4) is 0 Å². The van der Waals surface area contributed by atoms with Gasteiger partial charge in [-0.25, -0.2) is 0 Å². The molecule has 0 N–H and O–H groups in total. The predicted molar refractivity (Wildman–Crippen MR) is 127 cm³/mol. The number of hydrogen-bond acceptors (Lipinski definition) is 6. The Labute approximate surface area is 194 Å². The van der Waals surface area contributed by atoms with Gasteiger partial charge in [-0.05, 0) is 55.0 Å². The largest absolute Gasteiger partial charge is 0.497 e. The van der Waals surface area contributed by atoms with E-state index in [1.165, 1.54) is 0 Å². The molecule has 1 saturated heterocycles. The Hall–Kier alpha value is -3.74. The van der Waals surface area contributed by atoms with E-state index in [1.807, 2.05) is 48.2 Å². The molecule has 1 aliphatic rings. The number of rotatable bonds is 8. The molecule has 2 aromatic carbocycles. The second-order valence-corrected chi connectivity index (χ2v) is 7.72. The number of amides is 1. The first-order chi connectivity index (χ1) is 16.2. The highest BCUT2D eigenvalue weighted by Crippen LogP contribution is 2.30.